The van der Waals surface area contributed by atoms with Gasteiger partial charge in [-0.05, 0) is 240 Å². The van der Waals surface area contributed by atoms with Gasteiger partial charge in [-0.25, -0.2) is 0 Å². The van der Waals surface area contributed by atoms with Gasteiger partial charge in [-0.3, -0.25) is 4.79 Å². The molecule has 0 N–H and O–H groups in total. The summed E-state index contributed by atoms with van der Waals surface area (Å²) >= 11 is 3.70. The Morgan fingerprint density at radius 2 is 0.341 bits per heavy atom. The van der Waals surface area contributed by atoms with Gasteiger partial charge in [0, 0.05) is 110 Å². The molecule has 0 atom stereocenters. The quantitative estimate of drug-likeness (QED) is 0.0550. The van der Waals surface area contributed by atoms with E-state index in [9.17, 15) is 0 Å². The van der Waals surface area contributed by atoms with Crippen LogP contribution in [-0.2, 0) is 0 Å². The molecule has 0 saturated carbocycles. The van der Waals surface area contributed by atoms with Crippen LogP contribution in [0.4, 0.5) is 102 Å². The predicted molar refractivity (Wildman–Crippen MR) is 626 cm³/mol. The largest absolute Gasteiger partial charge is 0.310 e. The Labute approximate surface area is 837 Å². The molecule has 0 amide bonds. The molecule has 0 fully saturated rings. The Morgan fingerprint density at radius 1 is 0.174 bits per heavy atom. The van der Waals surface area contributed by atoms with Gasteiger partial charge in [0.25, 0.3) is 0 Å². The van der Waals surface area contributed by atoms with Crippen LogP contribution in [0.25, 0.3) is 33.4 Å². The van der Waals surface area contributed by atoms with Crippen LogP contribution in [0.1, 0.15) is 15.9 Å². The fourth-order valence-corrected chi connectivity index (χ4v) is 31.0. The van der Waals surface area contributed by atoms with Crippen molar-refractivity contribution in [3.63, 3.8) is 0 Å². The zero-order chi connectivity index (χ0) is 97.4. The number of benzene rings is 16. The van der Waals surface area contributed by atoms with E-state index in [1.165, 1.54) is 41.5 Å². The number of anilines is 18. The highest BCUT2D eigenvalue weighted by Gasteiger charge is 2.36. The summed E-state index contributed by atoms with van der Waals surface area (Å²) in [5.41, 5.74) is 27.4. The number of hydrogen-bond acceptors (Lipinski definition) is 9. The van der Waals surface area contributed by atoms with Crippen LogP contribution < -0.4 is 70.9 Å². The van der Waals surface area contributed by atoms with E-state index in [1.807, 2.05) is 23.5 Å². The molecular weight excluding hydrogens is 1840 g/mol. The maximum absolute atomic E-state index is 15.3. The van der Waals surface area contributed by atoms with Crippen molar-refractivity contribution in [3.8, 4) is 33.4 Å². The van der Waals surface area contributed by atoms with E-state index in [4.69, 9.17) is 0 Å². The molecule has 0 saturated heterocycles. The molecule has 694 valence electrons. The van der Waals surface area contributed by atoms with Gasteiger partial charge in [0.05, 0.1) is 87.3 Å². The molecule has 0 unspecified atom stereocenters. The molecule has 138 heavy (non-hydrogen) atoms. The topological polar surface area (TPSA) is 36.5 Å². The minimum atomic E-state index is -1.59. The zero-order valence-electron chi connectivity index (χ0n) is 84.9. The van der Waals surface area contributed by atoms with Crippen molar-refractivity contribution >= 4 is 238 Å². The molecule has 0 bridgehead atoms. The Bertz CT molecular complexity index is 6300. The second-order valence-corrected chi connectivity index (χ2v) is 88.9. The summed E-state index contributed by atoms with van der Waals surface area (Å²) in [6, 6.07) is 134. The minimum absolute atomic E-state index is 0.0420. The highest BCUT2D eigenvalue weighted by molar-refractivity contribution is 8.00. The number of carbonyl (C=O) groups excluding carboxylic acids is 1. The lowest BCUT2D eigenvalue weighted by Gasteiger charge is -2.35. The van der Waals surface area contributed by atoms with Gasteiger partial charge < -0.3 is 29.4 Å². The SMILES string of the molecule is C[Si](C)(C)c1ccc(N(c2ccc([Si](C)(C)C)cc2)c2ccc3c(c2)Sc2cc(N(c4ccc([Si](C)(C)C)cc4)c4ccc([Si](C)(C)C)cc4)ccc2N3c2ccc(-c3ccc4c(c3)C(=O)c3cc(-c5ccc(N6c7ccc(N(c8ccc([Si](C)(C)C)cc8)c8ccc([Si](C)(C)C)cc8)cc7Sc7cc(N(c8ccc([Si](C)(C)C)cc8)c8ccc([Si](C)(C)C)cc8)ccc76)cc5)ccc3-4)cc2)cc1. The second kappa shape index (κ2) is 36.3. The number of carbonyl (C=O) groups is 1. The molecule has 0 radical (unpaired) electrons. The van der Waals surface area contributed by atoms with Crippen molar-refractivity contribution in [2.24, 2.45) is 0 Å². The molecule has 7 nitrogen and oxygen atoms in total. The normalized spacial score (nSPS) is 13.3. The first kappa shape index (κ1) is 95.3. The van der Waals surface area contributed by atoms with Gasteiger partial charge in [0.1, 0.15) is 0 Å². The number of nitrogens with zero attached hydrogens (tertiary/aromatic N) is 6. The summed E-state index contributed by atoms with van der Waals surface area (Å²) in [7, 11) is -12.8. The minimum Gasteiger partial charge on any atom is -0.310 e. The van der Waals surface area contributed by atoms with E-state index >= 15 is 4.79 Å². The van der Waals surface area contributed by atoms with Gasteiger partial charge in [0.2, 0.25) is 0 Å². The molecule has 16 aromatic carbocycles. The first-order valence-corrected chi connectivity index (χ1v) is 78.6. The van der Waals surface area contributed by atoms with E-state index in [2.05, 4.69) is 538 Å². The number of hydrogen-bond donors (Lipinski definition) is 0. The van der Waals surface area contributed by atoms with Gasteiger partial charge in [-0.2, -0.15) is 0 Å². The van der Waals surface area contributed by atoms with Crippen LogP contribution in [0.3, 0.4) is 0 Å². The number of rotatable bonds is 24. The van der Waals surface area contributed by atoms with Crippen molar-refractivity contribution in [1.29, 1.82) is 0 Å². The molecule has 2 aliphatic heterocycles. The fourth-order valence-electron chi connectivity index (χ4n) is 19.4. The van der Waals surface area contributed by atoms with Crippen LogP contribution >= 0.6 is 23.5 Å². The highest BCUT2D eigenvalue weighted by Crippen LogP contribution is 2.58. The van der Waals surface area contributed by atoms with Crippen LogP contribution in [0.2, 0.25) is 157 Å². The molecular formula is C121H130N6OS2Si8. The third kappa shape index (κ3) is 19.2. The lowest BCUT2D eigenvalue weighted by molar-refractivity contribution is 0.104. The van der Waals surface area contributed by atoms with Crippen molar-refractivity contribution in [1.82, 2.24) is 0 Å². The van der Waals surface area contributed by atoms with Crippen LogP contribution in [0, 0.1) is 0 Å². The van der Waals surface area contributed by atoms with Gasteiger partial charge in [-0.15, -0.1) is 0 Å². The van der Waals surface area contributed by atoms with Crippen LogP contribution in [0.5, 0.6) is 0 Å². The first-order valence-electron chi connectivity index (χ1n) is 48.9. The molecule has 16 aromatic rings. The standard InChI is InChI=1S/C121H130N6OS2Si8/c1-131(2,3)101-55-35-87(36-56-101)122(88-37-57-102(58-38-88)132(4,5)6)97-51-73-113-117(79-97)129-118-80-98(123(89-39-59-103(60-40-89)133(7,8)9)90-41-61-104(62-42-90)134(10,11)12)52-74-114(118)126(113)95-31-25-83(26-32-95)85-29-71-109-110-72-30-86(78-112(110)121(128)111(109)77-85)84-27-33-96(34-28-84)127-115-75-53-99(124(91-43-63-105(64-44-91)135(13,14)15)92-45-65-106(66-46-92)136(16,17)18)81-119(115)130-120-82-100(54-76-116(120)127)125(93-47-67-107(68-48-93)137(19,20)21)94-49-69-108(70-50-94)138(22,23)24/h25-82H,1-24H3. The number of fused-ring (bicyclic) bond motifs is 7. The Balaban J connectivity index is 0.659. The zero-order valence-corrected chi connectivity index (χ0v) is 94.5. The lowest BCUT2D eigenvalue weighted by Crippen LogP contribution is -2.37. The number of ketones is 1. The molecule has 2 heterocycles. The van der Waals surface area contributed by atoms with E-state index in [0.717, 1.165) is 166 Å². The van der Waals surface area contributed by atoms with E-state index in [0.29, 0.717) is 0 Å². The van der Waals surface area contributed by atoms with Crippen molar-refractivity contribution in [2.75, 3.05) is 29.4 Å². The molecule has 3 aliphatic rings. The summed E-state index contributed by atoms with van der Waals surface area (Å²) in [5, 5.41) is 11.5. The van der Waals surface area contributed by atoms with Gasteiger partial charge >= 0.3 is 0 Å². The van der Waals surface area contributed by atoms with Crippen molar-refractivity contribution in [3.05, 3.63) is 363 Å². The van der Waals surface area contributed by atoms with E-state index < -0.39 is 64.6 Å². The Kier molecular flexibility index (Phi) is 25.1. The van der Waals surface area contributed by atoms with E-state index in [-0.39, 0.29) is 5.78 Å². The smallest absolute Gasteiger partial charge is 0.194 e. The first-order chi connectivity index (χ1) is 65.3. The average molecular weight is 1970 g/mol. The molecule has 0 spiro atoms. The summed E-state index contributed by atoms with van der Waals surface area (Å²) in [6.45, 7) is 58.2. The van der Waals surface area contributed by atoms with Gasteiger partial charge in [0.15, 0.2) is 5.78 Å². The third-order valence-electron chi connectivity index (χ3n) is 27.9. The Hall–Kier alpha value is -11.6. The molecule has 0 aromatic heterocycles. The monoisotopic (exact) mass is 1970 g/mol. The Morgan fingerprint density at radius 3 is 0.514 bits per heavy atom. The highest BCUT2D eigenvalue weighted by atomic mass is 32.2. The molecule has 19 rings (SSSR count). The summed E-state index contributed by atoms with van der Waals surface area (Å²) in [5.74, 6) is 0.0420. The summed E-state index contributed by atoms with van der Waals surface area (Å²) in [6.07, 6.45) is 0. The van der Waals surface area contributed by atoms with E-state index in [1.54, 1.807) is 0 Å². The second-order valence-electron chi connectivity index (χ2n) is 46.1. The van der Waals surface area contributed by atoms with Crippen molar-refractivity contribution in [2.45, 2.75) is 177 Å². The molecule has 17 heteroatoms. The van der Waals surface area contributed by atoms with Crippen LogP contribution in [-0.4, -0.2) is 70.4 Å². The van der Waals surface area contributed by atoms with Gasteiger partial charge in [-0.1, -0.05) is 368 Å². The lowest BCUT2D eigenvalue weighted by atomic mass is 9.97. The third-order valence-corrected chi connectivity index (χ3v) is 46.6. The predicted octanol–water partition coefficient (Wildman–Crippen LogP) is 32.3. The van der Waals surface area contributed by atoms with Crippen molar-refractivity contribution < 1.29 is 4.79 Å². The van der Waals surface area contributed by atoms with Crippen LogP contribution in [0.15, 0.2) is 371 Å². The summed E-state index contributed by atoms with van der Waals surface area (Å²) in [4.78, 5) is 34.7. The average Bonchev–Trinajstić information content (AvgIpc) is 0.783. The molecule has 1 aliphatic carbocycles. The fraction of sp³-hybridized carbons (Fsp3) is 0.198. The maximum Gasteiger partial charge on any atom is 0.194 e. The maximum atomic E-state index is 15.3. The summed E-state index contributed by atoms with van der Waals surface area (Å²) < 4.78 is 0.